The quantitative estimate of drug-likeness (QED) is 0.929. The summed E-state index contributed by atoms with van der Waals surface area (Å²) in [4.78, 5) is 21.9. The molecule has 0 aromatic carbocycles. The summed E-state index contributed by atoms with van der Waals surface area (Å²) in [7, 11) is 0. The number of nitrogens with one attached hydrogen (secondary N) is 1. The smallest absolute Gasteiger partial charge is 0.139 e. The molecule has 0 bridgehead atoms. The second kappa shape index (κ2) is 5.01. The summed E-state index contributed by atoms with van der Waals surface area (Å²) >= 11 is 1.71. The highest BCUT2D eigenvalue weighted by Gasteiger charge is 2.25. The first-order valence-electron chi connectivity index (χ1n) is 6.80. The molecule has 1 N–H and O–H groups in total. The van der Waals surface area contributed by atoms with Crippen LogP contribution in [0.25, 0.3) is 10.2 Å². The minimum atomic E-state index is -1.13. The van der Waals surface area contributed by atoms with Crippen molar-refractivity contribution in [1.29, 1.82) is 0 Å². The molecule has 1 aliphatic rings. The van der Waals surface area contributed by atoms with Gasteiger partial charge in [-0.25, -0.2) is 9.97 Å². The maximum absolute atomic E-state index is 10.7. The first-order chi connectivity index (χ1) is 9.56. The molecule has 3 rings (SSSR count). The lowest BCUT2D eigenvalue weighted by atomic mass is 9.87. The molecule has 6 heteroatoms. The number of carbonyl (C=O) groups excluding carboxylic acids is 1. The molecule has 2 aromatic heterocycles. The molecule has 0 aliphatic heterocycles. The Morgan fingerprint density at radius 1 is 1.50 bits per heavy atom. The Morgan fingerprint density at radius 2 is 2.30 bits per heavy atom. The molecule has 0 spiro atoms. The molecule has 2 aromatic rings. The van der Waals surface area contributed by atoms with Crippen molar-refractivity contribution in [2.45, 2.75) is 39.0 Å². The Balaban J connectivity index is 2.17. The number of nitrogens with zero attached hydrogens (tertiary/aromatic N) is 2. The van der Waals surface area contributed by atoms with Gasteiger partial charge in [-0.1, -0.05) is 6.92 Å². The van der Waals surface area contributed by atoms with Crippen LogP contribution in [-0.4, -0.2) is 22.5 Å². The van der Waals surface area contributed by atoms with E-state index >= 15 is 0 Å². The van der Waals surface area contributed by atoms with Crippen LogP contribution in [0.2, 0.25) is 0 Å². The number of aliphatic carboxylic acids is 1. The summed E-state index contributed by atoms with van der Waals surface area (Å²) in [6.45, 7) is 3.81. The standard InChI is InChI=1S/C14H17N3O2S/c1-7-4-3-5-9-11(7)12-13(15-6-10(18)19)16-8(2)17-14(12)20-9/h7H,3-6H2,1-2H3,(H,18,19)(H,15,16,17)/p-1/t7-/m0/s1. The van der Waals surface area contributed by atoms with Gasteiger partial charge in [0.05, 0.1) is 17.9 Å². The van der Waals surface area contributed by atoms with Gasteiger partial charge in [0.1, 0.15) is 16.5 Å². The molecule has 0 fully saturated rings. The highest BCUT2D eigenvalue weighted by molar-refractivity contribution is 7.19. The fraction of sp³-hybridized carbons (Fsp3) is 0.500. The second-order valence-corrected chi connectivity index (χ2v) is 6.34. The maximum Gasteiger partial charge on any atom is 0.139 e. The molecule has 0 amide bonds. The Labute approximate surface area is 121 Å². The molecular weight excluding hydrogens is 274 g/mol. The zero-order valence-corrected chi connectivity index (χ0v) is 12.3. The summed E-state index contributed by atoms with van der Waals surface area (Å²) in [5.74, 6) is 0.626. The fourth-order valence-electron chi connectivity index (χ4n) is 2.88. The number of carboxylic acids is 1. The number of hydrogen-bond acceptors (Lipinski definition) is 6. The predicted octanol–water partition coefficient (Wildman–Crippen LogP) is 1.60. The number of carbonyl (C=O) groups is 1. The van der Waals surface area contributed by atoms with E-state index in [0.29, 0.717) is 17.6 Å². The van der Waals surface area contributed by atoms with Crippen LogP contribution in [-0.2, 0) is 11.2 Å². The number of aromatic nitrogens is 2. The van der Waals surface area contributed by atoms with Gasteiger partial charge in [0, 0.05) is 4.88 Å². The van der Waals surface area contributed by atoms with Crippen molar-refractivity contribution in [2.24, 2.45) is 0 Å². The van der Waals surface area contributed by atoms with E-state index in [1.54, 1.807) is 11.3 Å². The molecule has 20 heavy (non-hydrogen) atoms. The van der Waals surface area contributed by atoms with E-state index in [0.717, 1.165) is 23.1 Å². The molecule has 2 heterocycles. The van der Waals surface area contributed by atoms with Gasteiger partial charge in [0.15, 0.2) is 0 Å². The maximum atomic E-state index is 10.7. The highest BCUT2D eigenvalue weighted by Crippen LogP contribution is 2.43. The van der Waals surface area contributed by atoms with Crippen molar-refractivity contribution in [1.82, 2.24) is 9.97 Å². The first-order valence-corrected chi connectivity index (χ1v) is 7.61. The summed E-state index contributed by atoms with van der Waals surface area (Å²) in [5.41, 5.74) is 1.30. The van der Waals surface area contributed by atoms with E-state index in [1.165, 1.54) is 16.9 Å². The van der Waals surface area contributed by atoms with Crippen LogP contribution in [0.15, 0.2) is 0 Å². The molecule has 106 valence electrons. The summed E-state index contributed by atoms with van der Waals surface area (Å²) in [5, 5.41) is 14.6. The van der Waals surface area contributed by atoms with Crippen molar-refractivity contribution in [3.05, 3.63) is 16.3 Å². The number of hydrogen-bond donors (Lipinski definition) is 1. The predicted molar refractivity (Wildman–Crippen MR) is 77.0 cm³/mol. The lowest BCUT2D eigenvalue weighted by Crippen LogP contribution is -2.30. The largest absolute Gasteiger partial charge is 0.548 e. The van der Waals surface area contributed by atoms with E-state index in [-0.39, 0.29) is 6.54 Å². The van der Waals surface area contributed by atoms with E-state index in [9.17, 15) is 9.90 Å². The van der Waals surface area contributed by atoms with Crippen LogP contribution in [0.4, 0.5) is 5.82 Å². The number of rotatable bonds is 3. The van der Waals surface area contributed by atoms with Gasteiger partial charge in [0.25, 0.3) is 0 Å². The van der Waals surface area contributed by atoms with Crippen molar-refractivity contribution >= 4 is 33.3 Å². The molecular formula is C14H16N3O2S-. The lowest BCUT2D eigenvalue weighted by Gasteiger charge is -2.19. The summed E-state index contributed by atoms with van der Waals surface area (Å²) in [6, 6.07) is 0. The minimum Gasteiger partial charge on any atom is -0.548 e. The van der Waals surface area contributed by atoms with Crippen LogP contribution in [0.1, 0.15) is 41.9 Å². The third-order valence-corrected chi connectivity index (χ3v) is 4.87. The normalized spacial score (nSPS) is 18.0. The van der Waals surface area contributed by atoms with Crippen LogP contribution in [0, 0.1) is 6.92 Å². The van der Waals surface area contributed by atoms with Gasteiger partial charge in [-0.3, -0.25) is 0 Å². The van der Waals surface area contributed by atoms with Crippen LogP contribution < -0.4 is 10.4 Å². The Kier molecular flexibility index (Phi) is 3.33. The number of carboxylic acid groups (broad SMARTS) is 1. The Bertz CT molecular complexity index is 681. The van der Waals surface area contributed by atoms with Crippen molar-refractivity contribution in [2.75, 3.05) is 11.9 Å². The fourth-order valence-corrected chi connectivity index (χ4v) is 4.26. The van der Waals surface area contributed by atoms with Gasteiger partial charge in [-0.15, -0.1) is 11.3 Å². The average Bonchev–Trinajstić information content (AvgIpc) is 2.75. The summed E-state index contributed by atoms with van der Waals surface area (Å²) in [6.07, 6.45) is 3.45. The monoisotopic (exact) mass is 290 g/mol. The van der Waals surface area contributed by atoms with Crippen molar-refractivity contribution in [3.8, 4) is 0 Å². The topological polar surface area (TPSA) is 77.9 Å². The molecule has 0 saturated carbocycles. The zero-order chi connectivity index (χ0) is 14.3. The lowest BCUT2D eigenvalue weighted by molar-refractivity contribution is -0.302. The average molecular weight is 290 g/mol. The molecule has 0 unspecified atom stereocenters. The number of anilines is 1. The van der Waals surface area contributed by atoms with Crippen molar-refractivity contribution < 1.29 is 9.90 Å². The number of fused-ring (bicyclic) bond motifs is 3. The molecule has 0 saturated heterocycles. The third-order valence-electron chi connectivity index (χ3n) is 3.71. The van der Waals surface area contributed by atoms with Gasteiger partial charge in [-0.05, 0) is 37.7 Å². The molecule has 1 atom stereocenters. The van der Waals surface area contributed by atoms with Crippen molar-refractivity contribution in [3.63, 3.8) is 0 Å². The van der Waals surface area contributed by atoms with E-state index < -0.39 is 5.97 Å². The van der Waals surface area contributed by atoms with E-state index in [1.807, 2.05) is 6.92 Å². The number of aryl methyl sites for hydroxylation is 2. The van der Waals surface area contributed by atoms with Gasteiger partial charge < -0.3 is 15.2 Å². The van der Waals surface area contributed by atoms with Gasteiger partial charge in [-0.2, -0.15) is 0 Å². The first kappa shape index (κ1) is 13.3. The van der Waals surface area contributed by atoms with E-state index in [2.05, 4.69) is 22.2 Å². The molecule has 1 aliphatic carbocycles. The van der Waals surface area contributed by atoms with E-state index in [4.69, 9.17) is 0 Å². The SMILES string of the molecule is Cc1nc(NCC(=O)[O-])c2c3c(sc2n1)CCC[C@@H]3C. The minimum absolute atomic E-state index is 0.232. The number of thiophene rings is 1. The van der Waals surface area contributed by atoms with Gasteiger partial charge >= 0.3 is 0 Å². The zero-order valence-electron chi connectivity index (χ0n) is 11.5. The highest BCUT2D eigenvalue weighted by atomic mass is 32.1. The van der Waals surface area contributed by atoms with Gasteiger partial charge in [0.2, 0.25) is 0 Å². The van der Waals surface area contributed by atoms with Crippen LogP contribution in [0.5, 0.6) is 0 Å². The summed E-state index contributed by atoms with van der Waals surface area (Å²) < 4.78 is 0. The van der Waals surface area contributed by atoms with Crippen LogP contribution in [0.3, 0.4) is 0 Å². The third kappa shape index (κ3) is 2.24. The molecule has 5 nitrogen and oxygen atoms in total. The second-order valence-electron chi connectivity index (χ2n) is 5.26. The Hall–Kier alpha value is -1.69. The van der Waals surface area contributed by atoms with Crippen LogP contribution >= 0.6 is 11.3 Å². The Morgan fingerprint density at radius 3 is 3.05 bits per heavy atom. The molecule has 0 radical (unpaired) electrons.